The molecule has 0 saturated carbocycles. The van der Waals surface area contributed by atoms with Crippen molar-refractivity contribution in [3.8, 4) is 17.0 Å². The Labute approximate surface area is 224 Å². The number of hydrogen-bond donors (Lipinski definition) is 2. The highest BCUT2D eigenvalue weighted by molar-refractivity contribution is 5.77. The van der Waals surface area contributed by atoms with Gasteiger partial charge in [0.25, 0.3) is 0 Å². The van der Waals surface area contributed by atoms with Gasteiger partial charge in [0.15, 0.2) is 0 Å². The van der Waals surface area contributed by atoms with Gasteiger partial charge in [-0.2, -0.15) is 0 Å². The first-order chi connectivity index (χ1) is 18.3. The number of fused-ring (bicyclic) bond motifs is 1. The molecule has 0 bridgehead atoms. The molecule has 7 nitrogen and oxygen atoms in total. The highest BCUT2D eigenvalue weighted by Crippen LogP contribution is 2.40. The molecule has 1 saturated heterocycles. The van der Waals surface area contributed by atoms with Gasteiger partial charge in [-0.15, -0.1) is 0 Å². The predicted molar refractivity (Wildman–Crippen MR) is 149 cm³/mol. The minimum atomic E-state index is -0.894. The van der Waals surface area contributed by atoms with Crippen molar-refractivity contribution in [3.63, 3.8) is 0 Å². The van der Waals surface area contributed by atoms with Crippen LogP contribution in [0.3, 0.4) is 0 Å². The van der Waals surface area contributed by atoms with Crippen molar-refractivity contribution >= 4 is 11.8 Å². The fraction of sp³-hybridized carbons (Fsp3) is 0.419. The topological polar surface area (TPSA) is 83.9 Å². The van der Waals surface area contributed by atoms with Crippen LogP contribution < -0.4 is 15.0 Å². The highest BCUT2D eigenvalue weighted by Gasteiger charge is 2.50. The van der Waals surface area contributed by atoms with Gasteiger partial charge in [-0.05, 0) is 86.2 Å². The lowest BCUT2D eigenvalue weighted by Gasteiger charge is -2.32. The first-order valence-corrected chi connectivity index (χ1v) is 13.3. The Kier molecular flexibility index (Phi) is 7.41. The average molecular weight is 516 g/mol. The van der Waals surface area contributed by atoms with Crippen LogP contribution in [0.25, 0.3) is 11.3 Å². The first-order valence-electron chi connectivity index (χ1n) is 13.3. The van der Waals surface area contributed by atoms with E-state index in [0.717, 1.165) is 47.9 Å². The molecule has 2 aliphatic rings. The number of hydrogen-bond acceptors (Lipinski definition) is 6. The summed E-state index contributed by atoms with van der Waals surface area (Å²) < 4.78 is 11.9. The molecule has 3 aromatic rings. The molecule has 7 heteroatoms. The normalized spacial score (nSPS) is 20.8. The van der Waals surface area contributed by atoms with Crippen LogP contribution >= 0.6 is 0 Å². The third kappa shape index (κ3) is 4.88. The van der Waals surface area contributed by atoms with E-state index in [-0.39, 0.29) is 6.04 Å². The number of ether oxygens (including phenoxy) is 2. The van der Waals surface area contributed by atoms with Gasteiger partial charge in [-0.3, -0.25) is 4.79 Å². The standard InChI is InChI=1S/C31H37N3O4/c1-20-7-5-8-24(29(20)38-18-22-15-21(2)25-17-32-13-11-23(25)16-22)26-9-6-10-28(33-26)34-14-12-31(3,30(35)36)27(34)19-37-4/h5-10,15-16,27,32H,11-14,17-19H2,1-4H3,(H,35,36)/t27-,31-/m1/s1. The summed E-state index contributed by atoms with van der Waals surface area (Å²) in [6.45, 7) is 9.39. The largest absolute Gasteiger partial charge is 0.488 e. The number of aromatic nitrogens is 1. The molecular weight excluding hydrogens is 478 g/mol. The molecule has 1 fully saturated rings. The summed E-state index contributed by atoms with van der Waals surface area (Å²) in [7, 11) is 1.61. The summed E-state index contributed by atoms with van der Waals surface area (Å²) in [6, 6.07) is 16.2. The molecule has 200 valence electrons. The molecule has 0 aliphatic carbocycles. The van der Waals surface area contributed by atoms with E-state index in [1.165, 1.54) is 22.3 Å². The Bertz CT molecular complexity index is 1340. The molecule has 2 aromatic carbocycles. The van der Waals surface area contributed by atoms with Crippen LogP contribution in [-0.4, -0.2) is 48.9 Å². The van der Waals surface area contributed by atoms with Gasteiger partial charge in [0, 0.05) is 25.8 Å². The summed E-state index contributed by atoms with van der Waals surface area (Å²) >= 11 is 0. The molecule has 5 rings (SSSR count). The van der Waals surface area contributed by atoms with Crippen molar-refractivity contribution in [1.29, 1.82) is 0 Å². The fourth-order valence-electron chi connectivity index (χ4n) is 5.88. The lowest BCUT2D eigenvalue weighted by atomic mass is 9.83. The van der Waals surface area contributed by atoms with E-state index in [9.17, 15) is 9.90 Å². The maximum atomic E-state index is 12.1. The molecule has 3 heterocycles. The lowest BCUT2D eigenvalue weighted by molar-refractivity contribution is -0.148. The Balaban J connectivity index is 1.43. The van der Waals surface area contributed by atoms with Crippen LogP contribution in [-0.2, 0) is 29.1 Å². The molecule has 2 N–H and O–H groups in total. The summed E-state index contributed by atoms with van der Waals surface area (Å²) in [6.07, 6.45) is 1.58. The van der Waals surface area contributed by atoms with Crippen molar-refractivity contribution in [2.45, 2.75) is 52.8 Å². The van der Waals surface area contributed by atoms with Crippen molar-refractivity contribution in [2.75, 3.05) is 31.7 Å². The molecule has 2 atom stereocenters. The highest BCUT2D eigenvalue weighted by atomic mass is 16.5. The maximum Gasteiger partial charge on any atom is 0.311 e. The monoisotopic (exact) mass is 515 g/mol. The number of aliphatic carboxylic acids is 1. The maximum absolute atomic E-state index is 12.1. The number of pyridine rings is 1. The van der Waals surface area contributed by atoms with Gasteiger partial charge in [0.2, 0.25) is 0 Å². The Morgan fingerprint density at radius 1 is 1.18 bits per heavy atom. The Morgan fingerprint density at radius 3 is 2.79 bits per heavy atom. The van der Waals surface area contributed by atoms with Crippen LogP contribution in [0.2, 0.25) is 0 Å². The van der Waals surface area contributed by atoms with Crippen molar-refractivity contribution in [1.82, 2.24) is 10.3 Å². The quantitative estimate of drug-likeness (QED) is 0.441. The van der Waals surface area contributed by atoms with Gasteiger partial charge < -0.3 is 24.8 Å². The number of para-hydroxylation sites is 1. The number of benzene rings is 2. The zero-order valence-electron chi connectivity index (χ0n) is 22.7. The van der Waals surface area contributed by atoms with Crippen LogP contribution in [0.1, 0.15) is 41.2 Å². The van der Waals surface area contributed by atoms with Crippen molar-refractivity contribution < 1.29 is 19.4 Å². The number of nitrogens with zero attached hydrogens (tertiary/aromatic N) is 2. The smallest absolute Gasteiger partial charge is 0.311 e. The Hall–Kier alpha value is -3.42. The second-order valence-corrected chi connectivity index (χ2v) is 10.7. The number of carboxylic acid groups (broad SMARTS) is 1. The SMILES string of the molecule is COC[C@H]1N(c2cccc(-c3cccc(C)c3OCc3cc(C)c4c(c3)CCNC4)n2)CC[C@@]1(C)C(=O)O. The number of rotatable bonds is 8. The number of carboxylic acids is 1. The third-order valence-corrected chi connectivity index (χ3v) is 8.19. The number of nitrogens with one attached hydrogen (secondary N) is 1. The van der Waals surface area contributed by atoms with Gasteiger partial charge in [0.1, 0.15) is 18.2 Å². The second-order valence-electron chi connectivity index (χ2n) is 10.7. The zero-order chi connectivity index (χ0) is 26.9. The van der Waals surface area contributed by atoms with E-state index >= 15 is 0 Å². The van der Waals surface area contributed by atoms with E-state index in [1.807, 2.05) is 30.3 Å². The average Bonchev–Trinajstić information content (AvgIpc) is 3.25. The van der Waals surface area contributed by atoms with Gasteiger partial charge in [-0.1, -0.05) is 30.3 Å². The van der Waals surface area contributed by atoms with Crippen LogP contribution in [0.15, 0.2) is 48.5 Å². The van der Waals surface area contributed by atoms with E-state index in [4.69, 9.17) is 14.5 Å². The third-order valence-electron chi connectivity index (χ3n) is 8.19. The van der Waals surface area contributed by atoms with Gasteiger partial charge in [-0.25, -0.2) is 4.98 Å². The summed E-state index contributed by atoms with van der Waals surface area (Å²) in [5.74, 6) is 0.765. The summed E-state index contributed by atoms with van der Waals surface area (Å²) in [5.41, 5.74) is 7.17. The van der Waals surface area contributed by atoms with Crippen LogP contribution in [0.5, 0.6) is 5.75 Å². The molecule has 0 unspecified atom stereocenters. The summed E-state index contributed by atoms with van der Waals surface area (Å²) in [5, 5.41) is 13.4. The van der Waals surface area contributed by atoms with Gasteiger partial charge >= 0.3 is 5.97 Å². The zero-order valence-corrected chi connectivity index (χ0v) is 22.7. The summed E-state index contributed by atoms with van der Waals surface area (Å²) in [4.78, 5) is 19.2. The minimum Gasteiger partial charge on any atom is -0.488 e. The van der Waals surface area contributed by atoms with Crippen LogP contribution in [0.4, 0.5) is 5.82 Å². The molecule has 2 aliphatic heterocycles. The molecule has 0 radical (unpaired) electrons. The number of aryl methyl sites for hydroxylation is 2. The fourth-order valence-corrected chi connectivity index (χ4v) is 5.88. The van der Waals surface area contributed by atoms with Crippen molar-refractivity contribution in [2.24, 2.45) is 5.41 Å². The van der Waals surface area contributed by atoms with E-state index in [1.54, 1.807) is 14.0 Å². The minimum absolute atomic E-state index is 0.302. The molecule has 38 heavy (non-hydrogen) atoms. The number of carbonyl (C=O) groups is 1. The molecule has 0 amide bonds. The predicted octanol–water partition coefficient (Wildman–Crippen LogP) is 4.91. The van der Waals surface area contributed by atoms with Crippen LogP contribution in [0, 0.1) is 19.3 Å². The van der Waals surface area contributed by atoms with Crippen molar-refractivity contribution in [3.05, 3.63) is 76.3 Å². The number of methoxy groups -OCH3 is 1. The Morgan fingerprint density at radius 2 is 2.00 bits per heavy atom. The van der Waals surface area contributed by atoms with E-state index < -0.39 is 11.4 Å². The molecular formula is C31H37N3O4. The molecule has 0 spiro atoms. The second kappa shape index (κ2) is 10.8. The molecule has 1 aromatic heterocycles. The first kappa shape index (κ1) is 26.2. The number of anilines is 1. The lowest BCUT2D eigenvalue weighted by Crippen LogP contribution is -2.46. The van der Waals surface area contributed by atoms with Gasteiger partial charge in [0.05, 0.1) is 23.8 Å². The van der Waals surface area contributed by atoms with E-state index in [2.05, 4.69) is 42.3 Å². The van der Waals surface area contributed by atoms with E-state index in [0.29, 0.717) is 26.2 Å².